The first-order valence-corrected chi connectivity index (χ1v) is 6.85. The molecule has 0 spiro atoms. The van der Waals surface area contributed by atoms with Crippen LogP contribution >= 0.6 is 0 Å². The largest absolute Gasteiger partial charge is 0.390 e. The van der Waals surface area contributed by atoms with Gasteiger partial charge in [-0.3, -0.25) is 0 Å². The van der Waals surface area contributed by atoms with Crippen LogP contribution < -0.4 is 0 Å². The number of hydrogen-bond donors (Lipinski definition) is 1. The maximum Gasteiger partial charge on any atom is 0.111 e. The Morgan fingerprint density at radius 1 is 1.06 bits per heavy atom. The second kappa shape index (κ2) is 8.23. The molecule has 4 heteroatoms. The van der Waals surface area contributed by atoms with Crippen LogP contribution in [0.15, 0.2) is 0 Å². The van der Waals surface area contributed by atoms with Crippen molar-refractivity contribution in [3.8, 4) is 0 Å². The summed E-state index contributed by atoms with van der Waals surface area (Å²) >= 11 is 0. The van der Waals surface area contributed by atoms with Crippen molar-refractivity contribution in [2.75, 3.05) is 0 Å². The average Bonchev–Trinajstić information content (AvgIpc) is 2.74. The molecular formula is C13H25N3O. The molecule has 0 unspecified atom stereocenters. The fourth-order valence-electron chi connectivity index (χ4n) is 1.98. The lowest BCUT2D eigenvalue weighted by atomic mass is 10.1. The number of aliphatic hydroxyl groups is 1. The van der Waals surface area contributed by atoms with E-state index in [9.17, 15) is 5.11 Å². The highest BCUT2D eigenvalue weighted by molar-refractivity contribution is 5.09. The summed E-state index contributed by atoms with van der Waals surface area (Å²) in [7, 11) is 0. The van der Waals surface area contributed by atoms with Crippen LogP contribution in [0, 0.1) is 0 Å². The predicted molar refractivity (Wildman–Crippen MR) is 68.7 cm³/mol. The quantitative estimate of drug-likeness (QED) is 0.674. The van der Waals surface area contributed by atoms with Crippen LogP contribution in [0.25, 0.3) is 0 Å². The van der Waals surface area contributed by atoms with Crippen LogP contribution in [0.4, 0.5) is 0 Å². The number of nitrogens with zero attached hydrogens (tertiary/aromatic N) is 3. The minimum absolute atomic E-state index is 0.00794. The normalized spacial score (nSPS) is 11.0. The zero-order valence-corrected chi connectivity index (χ0v) is 11.2. The summed E-state index contributed by atoms with van der Waals surface area (Å²) in [6, 6.07) is 0. The summed E-state index contributed by atoms with van der Waals surface area (Å²) in [6.07, 6.45) is 8.21. The van der Waals surface area contributed by atoms with Gasteiger partial charge < -0.3 is 5.11 Å². The Morgan fingerprint density at radius 2 is 1.82 bits per heavy atom. The molecule has 1 aromatic heterocycles. The molecule has 0 atom stereocenters. The molecule has 0 saturated carbocycles. The van der Waals surface area contributed by atoms with E-state index in [4.69, 9.17) is 0 Å². The highest BCUT2D eigenvalue weighted by Gasteiger charge is 2.10. The zero-order chi connectivity index (χ0) is 12.5. The predicted octanol–water partition coefficient (Wildman–Crippen LogP) is 2.69. The molecule has 1 N–H and O–H groups in total. The van der Waals surface area contributed by atoms with Crippen LogP contribution in [0.3, 0.4) is 0 Å². The highest BCUT2D eigenvalue weighted by atomic mass is 16.3. The monoisotopic (exact) mass is 239 g/mol. The number of unbranched alkanes of at least 4 members (excludes halogenated alkanes) is 4. The van der Waals surface area contributed by atoms with Crippen molar-refractivity contribution in [1.29, 1.82) is 0 Å². The van der Waals surface area contributed by atoms with Crippen molar-refractivity contribution < 1.29 is 5.11 Å². The highest BCUT2D eigenvalue weighted by Crippen LogP contribution is 2.11. The van der Waals surface area contributed by atoms with E-state index in [0.29, 0.717) is 0 Å². The van der Waals surface area contributed by atoms with E-state index in [2.05, 4.69) is 24.2 Å². The van der Waals surface area contributed by atoms with Crippen molar-refractivity contribution in [1.82, 2.24) is 15.0 Å². The van der Waals surface area contributed by atoms with Gasteiger partial charge in [-0.25, -0.2) is 4.68 Å². The van der Waals surface area contributed by atoms with Gasteiger partial charge in [-0.05, 0) is 19.3 Å². The summed E-state index contributed by atoms with van der Waals surface area (Å²) in [6.45, 7) is 5.33. The van der Waals surface area contributed by atoms with Crippen LogP contribution in [-0.2, 0) is 19.6 Å². The van der Waals surface area contributed by atoms with Crippen LogP contribution in [0.5, 0.6) is 0 Å². The van der Waals surface area contributed by atoms with Gasteiger partial charge in [-0.1, -0.05) is 44.7 Å². The van der Waals surface area contributed by atoms with Crippen molar-refractivity contribution in [2.24, 2.45) is 0 Å². The first kappa shape index (κ1) is 14.2. The van der Waals surface area contributed by atoms with Gasteiger partial charge in [-0.15, -0.1) is 5.10 Å². The second-order valence-corrected chi connectivity index (χ2v) is 4.53. The molecule has 17 heavy (non-hydrogen) atoms. The number of rotatable bonds is 9. The Bertz CT molecular complexity index is 310. The topological polar surface area (TPSA) is 50.9 Å². The summed E-state index contributed by atoms with van der Waals surface area (Å²) in [5.41, 5.74) is 1.89. The first-order chi connectivity index (χ1) is 8.33. The molecule has 0 saturated heterocycles. The van der Waals surface area contributed by atoms with E-state index < -0.39 is 0 Å². The third-order valence-corrected chi connectivity index (χ3v) is 3.06. The fraction of sp³-hybridized carbons (Fsp3) is 0.846. The summed E-state index contributed by atoms with van der Waals surface area (Å²) < 4.78 is 1.98. The summed E-state index contributed by atoms with van der Waals surface area (Å²) in [5.74, 6) is 0. The van der Waals surface area contributed by atoms with Crippen LogP contribution in [0.1, 0.15) is 63.8 Å². The van der Waals surface area contributed by atoms with E-state index in [1.165, 1.54) is 19.3 Å². The molecule has 0 fully saturated rings. The lowest BCUT2D eigenvalue weighted by Gasteiger charge is -2.06. The van der Waals surface area contributed by atoms with E-state index in [0.717, 1.165) is 43.6 Å². The van der Waals surface area contributed by atoms with E-state index >= 15 is 0 Å². The Hall–Kier alpha value is -0.900. The third kappa shape index (κ3) is 4.46. The lowest BCUT2D eigenvalue weighted by Crippen LogP contribution is -2.07. The van der Waals surface area contributed by atoms with Gasteiger partial charge in [0.05, 0.1) is 12.3 Å². The molecule has 0 amide bonds. The molecule has 1 heterocycles. The number of aryl methyl sites for hydroxylation is 1. The maximum atomic E-state index is 9.22. The zero-order valence-electron chi connectivity index (χ0n) is 11.2. The third-order valence-electron chi connectivity index (χ3n) is 3.06. The van der Waals surface area contributed by atoms with Gasteiger partial charge in [0.15, 0.2) is 0 Å². The number of aliphatic hydroxyl groups excluding tert-OH is 1. The van der Waals surface area contributed by atoms with Gasteiger partial charge in [0.1, 0.15) is 5.69 Å². The summed E-state index contributed by atoms with van der Waals surface area (Å²) in [4.78, 5) is 0. The Kier molecular flexibility index (Phi) is 6.86. The lowest BCUT2D eigenvalue weighted by molar-refractivity contribution is 0.275. The standard InChI is InChI=1S/C13H25N3O/c1-3-5-7-8-10-16-13(9-6-4-2)12(11-17)14-15-16/h17H,3-11H2,1-2H3. The maximum absolute atomic E-state index is 9.22. The molecule has 0 aliphatic carbocycles. The van der Waals surface area contributed by atoms with Crippen LogP contribution in [-0.4, -0.2) is 20.1 Å². The second-order valence-electron chi connectivity index (χ2n) is 4.53. The van der Waals surface area contributed by atoms with Gasteiger partial charge >= 0.3 is 0 Å². The molecule has 0 bridgehead atoms. The number of hydrogen-bond acceptors (Lipinski definition) is 3. The van der Waals surface area contributed by atoms with Crippen molar-refractivity contribution >= 4 is 0 Å². The Labute approximate surface area is 104 Å². The number of aromatic nitrogens is 3. The van der Waals surface area contributed by atoms with Crippen molar-refractivity contribution in [3.05, 3.63) is 11.4 Å². The molecule has 1 aromatic rings. The molecule has 98 valence electrons. The Balaban J connectivity index is 2.53. The molecule has 0 aliphatic heterocycles. The van der Waals surface area contributed by atoms with Gasteiger partial charge in [0.25, 0.3) is 0 Å². The molecule has 4 nitrogen and oxygen atoms in total. The minimum Gasteiger partial charge on any atom is -0.390 e. The van der Waals surface area contributed by atoms with Crippen molar-refractivity contribution in [3.63, 3.8) is 0 Å². The molecule has 0 aliphatic rings. The molecular weight excluding hydrogens is 214 g/mol. The smallest absolute Gasteiger partial charge is 0.111 e. The van der Waals surface area contributed by atoms with E-state index in [-0.39, 0.29) is 6.61 Å². The first-order valence-electron chi connectivity index (χ1n) is 6.85. The minimum atomic E-state index is 0.00794. The molecule has 1 rings (SSSR count). The van der Waals surface area contributed by atoms with Gasteiger partial charge in [0.2, 0.25) is 0 Å². The SMILES string of the molecule is CCCCCCn1nnc(CO)c1CCCC. The van der Waals surface area contributed by atoms with Crippen molar-refractivity contribution in [2.45, 2.75) is 71.9 Å². The van der Waals surface area contributed by atoms with E-state index in [1.807, 2.05) is 4.68 Å². The average molecular weight is 239 g/mol. The molecule has 0 radical (unpaired) electrons. The van der Waals surface area contributed by atoms with Gasteiger partial charge in [-0.2, -0.15) is 0 Å². The van der Waals surface area contributed by atoms with E-state index in [1.54, 1.807) is 0 Å². The van der Waals surface area contributed by atoms with Gasteiger partial charge in [0, 0.05) is 6.54 Å². The fourth-order valence-corrected chi connectivity index (χ4v) is 1.98. The van der Waals surface area contributed by atoms with Crippen LogP contribution in [0.2, 0.25) is 0 Å². The molecule has 0 aromatic carbocycles. The summed E-state index contributed by atoms with van der Waals surface area (Å²) in [5, 5.41) is 17.4. The Morgan fingerprint density at radius 3 is 2.47 bits per heavy atom.